The average Bonchev–Trinajstić information content (AvgIpc) is 2.43. The van der Waals surface area contributed by atoms with Gasteiger partial charge in [-0.25, -0.2) is 0 Å². The molecule has 4 nitrogen and oxygen atoms in total. The summed E-state index contributed by atoms with van der Waals surface area (Å²) in [5.41, 5.74) is 0.212. The largest absolute Gasteiger partial charge is 0.396 e. The number of rotatable bonds is 7. The third-order valence-corrected chi connectivity index (χ3v) is 3.89. The average molecular weight is 395 g/mol. The highest BCUT2D eigenvalue weighted by atomic mass is 127. The van der Waals surface area contributed by atoms with Crippen LogP contribution in [0, 0.1) is 5.41 Å². The number of aliphatic hydroxyl groups excluding tert-OH is 1. The highest BCUT2D eigenvalue weighted by Crippen LogP contribution is 2.39. The zero-order chi connectivity index (χ0) is 14.0. The summed E-state index contributed by atoms with van der Waals surface area (Å²) >= 11 is 0. The Balaban J connectivity index is 0.00000361. The number of aliphatic hydroxyl groups is 1. The minimum atomic E-state index is 0. The van der Waals surface area contributed by atoms with Gasteiger partial charge in [0.05, 0.1) is 0 Å². The minimum absolute atomic E-state index is 0. The summed E-state index contributed by atoms with van der Waals surface area (Å²) in [6.45, 7) is 8.43. The Hall–Kier alpha value is -0.300. The maximum Gasteiger partial charge on any atom is 0.191 e. The Kier molecular flexibility index (Phi) is 11.2. The van der Waals surface area contributed by atoms with Gasteiger partial charge in [0, 0.05) is 26.2 Å². The van der Waals surface area contributed by atoms with Crippen molar-refractivity contribution >= 4 is 29.9 Å². The van der Waals surface area contributed by atoms with Crippen molar-refractivity contribution in [2.75, 3.05) is 26.2 Å². The Morgan fingerprint density at radius 1 is 1.30 bits per heavy atom. The molecule has 5 heteroatoms. The zero-order valence-electron chi connectivity index (χ0n) is 12.7. The summed E-state index contributed by atoms with van der Waals surface area (Å²) < 4.78 is 0. The fraction of sp³-hybridized carbons (Fsp3) is 0.800. The van der Waals surface area contributed by atoms with Gasteiger partial charge >= 0.3 is 0 Å². The lowest BCUT2D eigenvalue weighted by atomic mass is 9.72. The van der Waals surface area contributed by atoms with E-state index in [1.54, 1.807) is 0 Å². The van der Waals surface area contributed by atoms with Crippen LogP contribution in [0.15, 0.2) is 17.6 Å². The molecule has 0 aliphatic heterocycles. The molecule has 0 saturated heterocycles. The number of hydrogen-bond acceptors (Lipinski definition) is 2. The molecule has 0 unspecified atom stereocenters. The number of aliphatic imine (C=N–C) groups is 1. The monoisotopic (exact) mass is 395 g/mol. The van der Waals surface area contributed by atoms with E-state index < -0.39 is 0 Å². The highest BCUT2D eigenvalue weighted by Gasteiger charge is 2.31. The molecule has 20 heavy (non-hydrogen) atoms. The van der Waals surface area contributed by atoms with Gasteiger partial charge in [0.2, 0.25) is 0 Å². The van der Waals surface area contributed by atoms with Crippen LogP contribution in [0.4, 0.5) is 0 Å². The van der Waals surface area contributed by atoms with Crippen LogP contribution >= 0.6 is 24.0 Å². The molecular weight excluding hydrogens is 365 g/mol. The van der Waals surface area contributed by atoms with Crippen LogP contribution in [0.2, 0.25) is 0 Å². The third-order valence-electron chi connectivity index (χ3n) is 3.89. The second kappa shape index (κ2) is 11.4. The van der Waals surface area contributed by atoms with E-state index in [0.717, 1.165) is 32.0 Å². The lowest BCUT2D eigenvalue weighted by Crippen LogP contribution is -2.39. The predicted octanol–water partition coefficient (Wildman–Crippen LogP) is 2.68. The summed E-state index contributed by atoms with van der Waals surface area (Å²) in [5.74, 6) is 0.852. The van der Waals surface area contributed by atoms with E-state index in [1.165, 1.54) is 32.1 Å². The molecule has 0 aromatic heterocycles. The molecule has 1 rings (SSSR count). The predicted molar refractivity (Wildman–Crippen MR) is 96.8 cm³/mol. The first-order valence-corrected chi connectivity index (χ1v) is 7.50. The van der Waals surface area contributed by atoms with Crippen molar-refractivity contribution in [3.63, 3.8) is 0 Å². The first-order chi connectivity index (χ1) is 9.26. The van der Waals surface area contributed by atoms with E-state index in [-0.39, 0.29) is 36.0 Å². The van der Waals surface area contributed by atoms with Crippen molar-refractivity contribution in [1.29, 1.82) is 0 Å². The molecule has 1 saturated carbocycles. The van der Waals surface area contributed by atoms with Gasteiger partial charge in [-0.15, -0.1) is 30.6 Å². The van der Waals surface area contributed by atoms with Gasteiger partial charge in [0.1, 0.15) is 0 Å². The molecule has 0 aromatic rings. The van der Waals surface area contributed by atoms with Crippen LogP contribution in [-0.2, 0) is 0 Å². The third kappa shape index (κ3) is 6.92. The molecule has 118 valence electrons. The van der Waals surface area contributed by atoms with E-state index in [4.69, 9.17) is 4.99 Å². The molecule has 0 amide bonds. The van der Waals surface area contributed by atoms with Crippen LogP contribution in [0.1, 0.15) is 45.4 Å². The van der Waals surface area contributed by atoms with E-state index in [1.807, 2.05) is 6.08 Å². The summed E-state index contributed by atoms with van der Waals surface area (Å²) in [5, 5.41) is 15.8. The van der Waals surface area contributed by atoms with Crippen molar-refractivity contribution in [3.8, 4) is 0 Å². The zero-order valence-corrected chi connectivity index (χ0v) is 15.0. The second-order valence-electron chi connectivity index (χ2n) is 5.40. The molecule has 0 atom stereocenters. The van der Waals surface area contributed by atoms with Gasteiger partial charge in [-0.1, -0.05) is 25.3 Å². The lowest BCUT2D eigenvalue weighted by Gasteiger charge is -2.35. The van der Waals surface area contributed by atoms with Gasteiger partial charge < -0.3 is 15.7 Å². The smallest absolute Gasteiger partial charge is 0.191 e. The molecule has 1 aliphatic carbocycles. The summed E-state index contributed by atoms with van der Waals surface area (Å²) in [7, 11) is 0. The molecule has 1 fully saturated rings. The molecule has 1 aliphatic rings. The quantitative estimate of drug-likeness (QED) is 0.269. The summed E-state index contributed by atoms with van der Waals surface area (Å²) in [6.07, 6.45) is 8.95. The van der Waals surface area contributed by atoms with Crippen LogP contribution in [0.25, 0.3) is 0 Å². The minimum Gasteiger partial charge on any atom is -0.396 e. The van der Waals surface area contributed by atoms with Crippen LogP contribution in [0.3, 0.4) is 0 Å². The molecule has 3 N–H and O–H groups in total. The molecule has 0 radical (unpaired) electrons. The number of guanidine groups is 1. The SMILES string of the molecule is C=CCNC(=NCC1(CCO)CCCCC1)NCC.I. The Labute approximate surface area is 140 Å². The fourth-order valence-electron chi connectivity index (χ4n) is 2.78. The summed E-state index contributed by atoms with van der Waals surface area (Å²) in [4.78, 5) is 4.70. The van der Waals surface area contributed by atoms with Crippen molar-refractivity contribution in [1.82, 2.24) is 10.6 Å². The van der Waals surface area contributed by atoms with Crippen LogP contribution in [-0.4, -0.2) is 37.3 Å². The first-order valence-electron chi connectivity index (χ1n) is 7.50. The van der Waals surface area contributed by atoms with Crippen molar-refractivity contribution in [2.45, 2.75) is 45.4 Å². The van der Waals surface area contributed by atoms with Gasteiger partial charge in [0.25, 0.3) is 0 Å². The standard InChI is InChI=1S/C15H29N3O.HI/c1-3-11-17-14(16-4-2)18-13-15(10-12-19)8-6-5-7-9-15;/h3,19H,1,4-13H2,2H3,(H2,16,17,18);1H. The Morgan fingerprint density at radius 2 is 2.00 bits per heavy atom. The lowest BCUT2D eigenvalue weighted by molar-refractivity contribution is 0.137. The number of nitrogens with one attached hydrogen (secondary N) is 2. The van der Waals surface area contributed by atoms with Gasteiger partial charge in [-0.2, -0.15) is 0 Å². The highest BCUT2D eigenvalue weighted by molar-refractivity contribution is 14.0. The number of halogens is 1. The Bertz CT molecular complexity index is 283. The Morgan fingerprint density at radius 3 is 2.55 bits per heavy atom. The number of nitrogens with zero attached hydrogens (tertiary/aromatic N) is 1. The van der Waals surface area contributed by atoms with E-state index in [2.05, 4.69) is 24.1 Å². The fourth-order valence-corrected chi connectivity index (χ4v) is 2.78. The van der Waals surface area contributed by atoms with E-state index >= 15 is 0 Å². The van der Waals surface area contributed by atoms with Crippen LogP contribution in [0.5, 0.6) is 0 Å². The second-order valence-corrected chi connectivity index (χ2v) is 5.40. The molecule has 0 spiro atoms. The summed E-state index contributed by atoms with van der Waals surface area (Å²) in [6, 6.07) is 0. The van der Waals surface area contributed by atoms with Gasteiger partial charge in [0.15, 0.2) is 5.96 Å². The van der Waals surface area contributed by atoms with E-state index in [9.17, 15) is 5.11 Å². The van der Waals surface area contributed by atoms with Gasteiger partial charge in [-0.3, -0.25) is 4.99 Å². The number of hydrogen-bond donors (Lipinski definition) is 3. The molecule has 0 heterocycles. The van der Waals surface area contributed by atoms with Crippen molar-refractivity contribution in [3.05, 3.63) is 12.7 Å². The van der Waals surface area contributed by atoms with Crippen molar-refractivity contribution in [2.24, 2.45) is 10.4 Å². The topological polar surface area (TPSA) is 56.7 Å². The molecule has 0 bridgehead atoms. The molecule has 0 aromatic carbocycles. The normalized spacial score (nSPS) is 18.0. The van der Waals surface area contributed by atoms with E-state index in [0.29, 0.717) is 0 Å². The van der Waals surface area contributed by atoms with Gasteiger partial charge in [-0.05, 0) is 31.6 Å². The first kappa shape index (κ1) is 19.7. The maximum atomic E-state index is 9.30. The maximum absolute atomic E-state index is 9.30. The molecular formula is C15H30IN3O. The van der Waals surface area contributed by atoms with Crippen molar-refractivity contribution < 1.29 is 5.11 Å². The van der Waals surface area contributed by atoms with Crippen LogP contribution < -0.4 is 10.6 Å².